The first-order chi connectivity index (χ1) is 16.8. The number of carbonyl (C=O) groups is 2. The molecule has 1 aliphatic heterocycles. The highest BCUT2D eigenvalue weighted by atomic mass is 16.5. The molecule has 0 saturated heterocycles. The van der Waals surface area contributed by atoms with Crippen molar-refractivity contribution < 1.29 is 18.7 Å². The summed E-state index contributed by atoms with van der Waals surface area (Å²) in [6.45, 7) is 5.35. The SMILES string of the molecule is CC1=C(C(=O)OC2CCC2)C(c2cccc3c(=O)cc(C)oc23)C(C(=O)c2ccccc2)=C(C)N1. The van der Waals surface area contributed by atoms with Crippen molar-refractivity contribution in [3.63, 3.8) is 0 Å². The predicted octanol–water partition coefficient (Wildman–Crippen LogP) is 5.31. The smallest absolute Gasteiger partial charge is 0.337 e. The zero-order valence-electron chi connectivity index (χ0n) is 20.0. The second-order valence-electron chi connectivity index (χ2n) is 9.23. The third kappa shape index (κ3) is 4.09. The topological polar surface area (TPSA) is 85.6 Å². The molecule has 0 bridgehead atoms. The normalized spacial score (nSPS) is 18.3. The minimum Gasteiger partial charge on any atom is -0.461 e. The van der Waals surface area contributed by atoms with E-state index in [1.165, 1.54) is 6.07 Å². The van der Waals surface area contributed by atoms with Crippen LogP contribution in [0.25, 0.3) is 11.0 Å². The molecule has 0 radical (unpaired) electrons. The average Bonchev–Trinajstić information content (AvgIpc) is 2.80. The maximum atomic E-state index is 13.9. The molecule has 1 fully saturated rings. The first-order valence-electron chi connectivity index (χ1n) is 11.9. The summed E-state index contributed by atoms with van der Waals surface area (Å²) in [5.74, 6) is -0.957. The lowest BCUT2D eigenvalue weighted by Crippen LogP contribution is -2.34. The number of rotatable bonds is 5. The van der Waals surface area contributed by atoms with E-state index in [0.29, 0.717) is 50.4 Å². The Kier molecular flexibility index (Phi) is 5.89. The summed E-state index contributed by atoms with van der Waals surface area (Å²) in [6, 6.07) is 15.7. The van der Waals surface area contributed by atoms with E-state index in [4.69, 9.17) is 9.15 Å². The van der Waals surface area contributed by atoms with Crippen molar-refractivity contribution in [2.24, 2.45) is 0 Å². The zero-order chi connectivity index (χ0) is 24.7. The molecule has 5 rings (SSSR count). The van der Waals surface area contributed by atoms with E-state index in [2.05, 4.69) is 5.32 Å². The van der Waals surface area contributed by atoms with Crippen molar-refractivity contribution in [2.45, 2.75) is 52.1 Å². The van der Waals surface area contributed by atoms with Gasteiger partial charge in [-0.3, -0.25) is 9.59 Å². The monoisotopic (exact) mass is 469 g/mol. The molecule has 1 aromatic heterocycles. The zero-order valence-corrected chi connectivity index (χ0v) is 20.0. The number of ether oxygens (including phenoxy) is 1. The summed E-state index contributed by atoms with van der Waals surface area (Å²) < 4.78 is 11.9. The second kappa shape index (κ2) is 9.02. The number of carbonyl (C=O) groups excluding carboxylic acids is 2. The molecule has 1 saturated carbocycles. The number of ketones is 1. The van der Waals surface area contributed by atoms with Crippen molar-refractivity contribution in [3.8, 4) is 0 Å². The average molecular weight is 470 g/mol. The molecule has 2 aromatic carbocycles. The fraction of sp³-hybridized carbons (Fsp3) is 0.276. The van der Waals surface area contributed by atoms with E-state index >= 15 is 0 Å². The number of Topliss-reactive ketones (excluding diaryl/α,β-unsaturated/α-hetero) is 1. The lowest BCUT2D eigenvalue weighted by atomic mass is 9.77. The van der Waals surface area contributed by atoms with Crippen molar-refractivity contribution in [1.29, 1.82) is 0 Å². The van der Waals surface area contributed by atoms with Crippen LogP contribution in [0.2, 0.25) is 0 Å². The molecular weight excluding hydrogens is 442 g/mol. The van der Waals surface area contributed by atoms with Gasteiger partial charge in [0.05, 0.1) is 16.9 Å². The number of para-hydroxylation sites is 1. The summed E-state index contributed by atoms with van der Waals surface area (Å²) in [7, 11) is 0. The van der Waals surface area contributed by atoms with Crippen molar-refractivity contribution in [2.75, 3.05) is 0 Å². The fourth-order valence-electron chi connectivity index (χ4n) is 4.87. The van der Waals surface area contributed by atoms with Gasteiger partial charge in [-0.2, -0.15) is 0 Å². The number of allylic oxidation sites excluding steroid dienone is 3. The lowest BCUT2D eigenvalue weighted by Gasteiger charge is -2.33. The quantitative estimate of drug-likeness (QED) is 0.402. The van der Waals surface area contributed by atoms with Crippen LogP contribution in [-0.4, -0.2) is 17.9 Å². The number of benzene rings is 2. The predicted molar refractivity (Wildman–Crippen MR) is 133 cm³/mol. The standard InChI is InChI=1S/C29H27NO5/c1-16-15-23(31)21-13-8-14-22(28(21)34-16)26-24(27(32)19-9-5-4-6-10-19)17(2)30-18(3)25(26)29(33)35-20-11-7-12-20/h4-6,8-10,13-15,20,26,30H,7,11-12H2,1-3H3. The molecular formula is C29H27NO5. The molecule has 0 spiro atoms. The van der Waals surface area contributed by atoms with Gasteiger partial charge in [0.2, 0.25) is 0 Å². The van der Waals surface area contributed by atoms with Crippen LogP contribution in [0.1, 0.15) is 60.7 Å². The van der Waals surface area contributed by atoms with Gasteiger partial charge >= 0.3 is 5.97 Å². The molecule has 1 atom stereocenters. The number of esters is 1. The third-order valence-corrected chi connectivity index (χ3v) is 6.81. The molecule has 0 amide bonds. The van der Waals surface area contributed by atoms with Crippen molar-refractivity contribution in [3.05, 3.63) is 104 Å². The highest BCUT2D eigenvalue weighted by Crippen LogP contribution is 2.43. The molecule has 3 aromatic rings. The molecule has 6 heteroatoms. The summed E-state index contributed by atoms with van der Waals surface area (Å²) in [5.41, 5.74) is 3.35. The summed E-state index contributed by atoms with van der Waals surface area (Å²) in [6.07, 6.45) is 2.59. The molecule has 6 nitrogen and oxygen atoms in total. The first-order valence-corrected chi connectivity index (χ1v) is 11.9. The van der Waals surface area contributed by atoms with Gasteiger partial charge in [0.1, 0.15) is 17.4 Å². The van der Waals surface area contributed by atoms with Gasteiger partial charge in [-0.05, 0) is 46.1 Å². The highest BCUT2D eigenvalue weighted by molar-refractivity contribution is 6.12. The van der Waals surface area contributed by atoms with E-state index in [1.54, 1.807) is 31.2 Å². The minimum absolute atomic E-state index is 0.114. The largest absolute Gasteiger partial charge is 0.461 e. The van der Waals surface area contributed by atoms with Crippen LogP contribution in [0.4, 0.5) is 0 Å². The van der Waals surface area contributed by atoms with E-state index in [-0.39, 0.29) is 17.3 Å². The number of dihydropyridines is 1. The second-order valence-corrected chi connectivity index (χ2v) is 9.23. The Bertz CT molecular complexity index is 1460. The summed E-state index contributed by atoms with van der Waals surface area (Å²) in [5, 5.41) is 3.64. The molecule has 1 aliphatic carbocycles. The van der Waals surface area contributed by atoms with Crippen LogP contribution in [0.3, 0.4) is 0 Å². The van der Waals surface area contributed by atoms with Gasteiger partial charge in [0.25, 0.3) is 0 Å². The van der Waals surface area contributed by atoms with Crippen LogP contribution in [0.5, 0.6) is 0 Å². The molecule has 2 heterocycles. The van der Waals surface area contributed by atoms with Crippen molar-refractivity contribution in [1.82, 2.24) is 5.32 Å². The Labute approximate surface area is 203 Å². The van der Waals surface area contributed by atoms with Gasteiger partial charge in [-0.25, -0.2) is 4.79 Å². The Morgan fingerprint density at radius 1 is 0.943 bits per heavy atom. The summed E-state index contributed by atoms with van der Waals surface area (Å²) >= 11 is 0. The maximum absolute atomic E-state index is 13.9. The number of fused-ring (bicyclic) bond motifs is 1. The van der Waals surface area contributed by atoms with Gasteiger partial charge < -0.3 is 14.5 Å². The van der Waals surface area contributed by atoms with Crippen LogP contribution < -0.4 is 10.7 Å². The number of nitrogens with one attached hydrogen (secondary N) is 1. The van der Waals surface area contributed by atoms with E-state index < -0.39 is 11.9 Å². The molecule has 1 N–H and O–H groups in total. The van der Waals surface area contributed by atoms with Crippen LogP contribution in [0, 0.1) is 6.92 Å². The molecule has 2 aliphatic rings. The Hall–Kier alpha value is -3.93. The van der Waals surface area contributed by atoms with Crippen LogP contribution >= 0.6 is 0 Å². The number of hydrogen-bond donors (Lipinski definition) is 1. The Balaban J connectivity index is 1.74. The lowest BCUT2D eigenvalue weighted by molar-refractivity contribution is -0.148. The van der Waals surface area contributed by atoms with Gasteiger partial charge in [-0.1, -0.05) is 42.5 Å². The number of hydrogen-bond acceptors (Lipinski definition) is 6. The molecule has 1 unspecified atom stereocenters. The maximum Gasteiger partial charge on any atom is 0.337 e. The van der Waals surface area contributed by atoms with E-state index in [9.17, 15) is 14.4 Å². The van der Waals surface area contributed by atoms with Crippen molar-refractivity contribution >= 4 is 22.7 Å². The fourth-order valence-corrected chi connectivity index (χ4v) is 4.87. The van der Waals surface area contributed by atoms with Crippen LogP contribution in [-0.2, 0) is 9.53 Å². The van der Waals surface area contributed by atoms with Gasteiger partial charge in [0.15, 0.2) is 11.2 Å². The van der Waals surface area contributed by atoms with E-state index in [0.717, 1.165) is 19.3 Å². The first kappa shape index (κ1) is 22.8. The minimum atomic E-state index is -0.759. The van der Waals surface area contributed by atoms with Gasteiger partial charge in [-0.15, -0.1) is 0 Å². The van der Waals surface area contributed by atoms with E-state index in [1.807, 2.05) is 38.1 Å². The molecule has 35 heavy (non-hydrogen) atoms. The van der Waals surface area contributed by atoms with Gasteiger partial charge in [0, 0.05) is 34.2 Å². The van der Waals surface area contributed by atoms with Crippen LogP contribution in [0.15, 0.2) is 86.3 Å². The highest BCUT2D eigenvalue weighted by Gasteiger charge is 2.40. The Morgan fingerprint density at radius 3 is 2.34 bits per heavy atom. The Morgan fingerprint density at radius 2 is 1.66 bits per heavy atom. The summed E-state index contributed by atoms with van der Waals surface area (Å²) in [4.78, 5) is 40.1. The molecule has 178 valence electrons. The number of aryl methyl sites for hydroxylation is 1. The third-order valence-electron chi connectivity index (χ3n) is 6.81.